The molecule has 1 N–H and O–H groups in total. The van der Waals surface area contributed by atoms with E-state index in [4.69, 9.17) is 28.5 Å². The van der Waals surface area contributed by atoms with Crippen LogP contribution >= 0.6 is 23.2 Å². The zero-order valence-electron chi connectivity index (χ0n) is 9.34. The summed E-state index contributed by atoms with van der Waals surface area (Å²) in [6.45, 7) is 1.90. The van der Waals surface area contributed by atoms with E-state index >= 15 is 0 Å². The van der Waals surface area contributed by atoms with E-state index in [1.165, 1.54) is 0 Å². The van der Waals surface area contributed by atoms with Gasteiger partial charge in [0.15, 0.2) is 0 Å². The van der Waals surface area contributed by atoms with Crippen LogP contribution in [-0.2, 0) is 0 Å². The Kier molecular flexibility index (Phi) is 5.27. The molecular weight excluding hydrogens is 259 g/mol. The highest BCUT2D eigenvalue weighted by Gasteiger charge is 2.15. The van der Waals surface area contributed by atoms with E-state index < -0.39 is 0 Å². The average molecular weight is 271 g/mol. The number of nitriles is 1. The van der Waals surface area contributed by atoms with Crippen molar-refractivity contribution in [2.24, 2.45) is 0 Å². The van der Waals surface area contributed by atoms with Crippen LogP contribution in [0.1, 0.15) is 30.1 Å². The molecule has 0 spiro atoms. The van der Waals surface area contributed by atoms with Crippen LogP contribution in [0.15, 0.2) is 18.2 Å². The van der Waals surface area contributed by atoms with Crippen LogP contribution in [0.4, 0.5) is 0 Å². The van der Waals surface area contributed by atoms with E-state index in [0.29, 0.717) is 17.0 Å². The molecule has 0 aliphatic rings. The largest absolute Gasteiger partial charge is 0.348 e. The summed E-state index contributed by atoms with van der Waals surface area (Å²) in [6, 6.07) is 6.74. The van der Waals surface area contributed by atoms with E-state index in [2.05, 4.69) is 5.32 Å². The highest BCUT2D eigenvalue weighted by Crippen LogP contribution is 2.25. The fourth-order valence-electron chi connectivity index (χ4n) is 1.35. The van der Waals surface area contributed by atoms with Crippen LogP contribution in [-0.4, -0.2) is 11.9 Å². The van der Waals surface area contributed by atoms with Crippen molar-refractivity contribution >= 4 is 29.1 Å². The van der Waals surface area contributed by atoms with Gasteiger partial charge >= 0.3 is 0 Å². The van der Waals surface area contributed by atoms with E-state index in [-0.39, 0.29) is 23.4 Å². The van der Waals surface area contributed by atoms with Gasteiger partial charge in [0.25, 0.3) is 5.91 Å². The number of amides is 1. The van der Waals surface area contributed by atoms with Crippen molar-refractivity contribution in [1.29, 1.82) is 5.26 Å². The van der Waals surface area contributed by atoms with Gasteiger partial charge in [0, 0.05) is 6.04 Å². The quantitative estimate of drug-likeness (QED) is 0.912. The molecule has 0 aromatic heterocycles. The summed E-state index contributed by atoms with van der Waals surface area (Å²) in [6.07, 6.45) is 0.970. The Morgan fingerprint density at radius 3 is 2.82 bits per heavy atom. The van der Waals surface area contributed by atoms with Crippen molar-refractivity contribution in [2.75, 3.05) is 0 Å². The van der Waals surface area contributed by atoms with Gasteiger partial charge in [-0.3, -0.25) is 4.79 Å². The molecule has 0 aliphatic carbocycles. The van der Waals surface area contributed by atoms with E-state index in [0.717, 1.165) is 0 Å². The lowest BCUT2D eigenvalue weighted by Crippen LogP contribution is -2.34. The fraction of sp³-hybridized carbons (Fsp3) is 0.333. The van der Waals surface area contributed by atoms with Crippen LogP contribution in [0.3, 0.4) is 0 Å². The molecule has 1 aromatic carbocycles. The highest BCUT2D eigenvalue weighted by molar-refractivity contribution is 6.43. The maximum atomic E-state index is 11.9. The standard InChI is InChI=1S/C12H12Cl2N2O/c1-2-8(6-7-15)16-12(17)9-4-3-5-10(13)11(9)14/h3-5,8H,2,6H2,1H3,(H,16,17)/t8-/m0/s1. The molecule has 5 heteroatoms. The molecule has 90 valence electrons. The number of rotatable bonds is 4. The highest BCUT2D eigenvalue weighted by atomic mass is 35.5. The molecule has 0 bridgehead atoms. The number of hydrogen-bond acceptors (Lipinski definition) is 2. The maximum absolute atomic E-state index is 11.9. The number of nitrogens with zero attached hydrogens (tertiary/aromatic N) is 1. The lowest BCUT2D eigenvalue weighted by Gasteiger charge is -2.14. The predicted molar refractivity (Wildman–Crippen MR) is 68.2 cm³/mol. The van der Waals surface area contributed by atoms with Crippen molar-refractivity contribution in [3.05, 3.63) is 33.8 Å². The van der Waals surface area contributed by atoms with Gasteiger partial charge in [-0.25, -0.2) is 0 Å². The van der Waals surface area contributed by atoms with Crippen LogP contribution in [0.2, 0.25) is 10.0 Å². The Morgan fingerprint density at radius 1 is 1.53 bits per heavy atom. The Morgan fingerprint density at radius 2 is 2.24 bits per heavy atom. The summed E-state index contributed by atoms with van der Waals surface area (Å²) in [5, 5.41) is 11.9. The predicted octanol–water partition coefficient (Wildman–Crippen LogP) is 3.42. The minimum absolute atomic E-state index is 0.164. The van der Waals surface area contributed by atoms with Gasteiger partial charge in [0.2, 0.25) is 0 Å². The van der Waals surface area contributed by atoms with Crippen molar-refractivity contribution in [3.63, 3.8) is 0 Å². The third-order valence-corrected chi connectivity index (χ3v) is 3.18. The first kappa shape index (κ1) is 13.8. The van der Waals surface area contributed by atoms with Gasteiger partial charge in [-0.1, -0.05) is 36.2 Å². The zero-order chi connectivity index (χ0) is 12.8. The number of hydrogen-bond donors (Lipinski definition) is 1. The molecule has 1 aromatic rings. The summed E-state index contributed by atoms with van der Waals surface area (Å²) in [4.78, 5) is 11.9. The lowest BCUT2D eigenvalue weighted by atomic mass is 10.1. The molecule has 1 atom stereocenters. The molecule has 17 heavy (non-hydrogen) atoms. The summed E-state index contributed by atoms with van der Waals surface area (Å²) in [5.41, 5.74) is 0.329. The molecule has 3 nitrogen and oxygen atoms in total. The second-order valence-electron chi connectivity index (χ2n) is 3.54. The number of carbonyl (C=O) groups excluding carboxylic acids is 1. The summed E-state index contributed by atoms with van der Waals surface area (Å²) >= 11 is 11.8. The SMILES string of the molecule is CC[C@@H](CC#N)NC(=O)c1cccc(Cl)c1Cl. The van der Waals surface area contributed by atoms with E-state index in [1.807, 2.05) is 13.0 Å². The average Bonchev–Trinajstić information content (AvgIpc) is 2.31. The molecule has 0 saturated carbocycles. The molecule has 0 heterocycles. The third-order valence-electron chi connectivity index (χ3n) is 2.36. The summed E-state index contributed by atoms with van der Waals surface area (Å²) < 4.78 is 0. The smallest absolute Gasteiger partial charge is 0.253 e. The third kappa shape index (κ3) is 3.62. The minimum Gasteiger partial charge on any atom is -0.348 e. The van der Waals surface area contributed by atoms with Crippen LogP contribution in [0.25, 0.3) is 0 Å². The number of benzene rings is 1. The van der Waals surface area contributed by atoms with Gasteiger partial charge in [-0.05, 0) is 18.6 Å². The van der Waals surface area contributed by atoms with Crippen LogP contribution in [0.5, 0.6) is 0 Å². The Bertz CT molecular complexity index is 454. The van der Waals surface area contributed by atoms with Gasteiger partial charge in [0.1, 0.15) is 0 Å². The minimum atomic E-state index is -0.306. The first-order valence-electron chi connectivity index (χ1n) is 5.22. The van der Waals surface area contributed by atoms with Gasteiger partial charge < -0.3 is 5.32 Å². The second kappa shape index (κ2) is 6.48. The first-order valence-corrected chi connectivity index (χ1v) is 5.97. The van der Waals surface area contributed by atoms with Crippen LogP contribution < -0.4 is 5.32 Å². The first-order chi connectivity index (χ1) is 8.10. The maximum Gasteiger partial charge on any atom is 0.253 e. The lowest BCUT2D eigenvalue weighted by molar-refractivity contribution is 0.0937. The molecule has 0 saturated heterocycles. The second-order valence-corrected chi connectivity index (χ2v) is 4.33. The van der Waals surface area contributed by atoms with Gasteiger partial charge in [0.05, 0.1) is 28.1 Å². The zero-order valence-corrected chi connectivity index (χ0v) is 10.8. The van der Waals surface area contributed by atoms with Crippen molar-refractivity contribution < 1.29 is 4.79 Å². The molecule has 1 amide bonds. The number of halogens is 2. The molecule has 0 radical (unpaired) electrons. The Hall–Kier alpha value is -1.24. The normalized spacial score (nSPS) is 11.6. The van der Waals surface area contributed by atoms with E-state index in [9.17, 15) is 4.79 Å². The Labute approximate surface area is 110 Å². The fourth-order valence-corrected chi connectivity index (χ4v) is 1.74. The molecular formula is C12H12Cl2N2O. The number of nitrogens with one attached hydrogen (secondary N) is 1. The Balaban J connectivity index is 2.83. The molecule has 0 aliphatic heterocycles. The summed E-state index contributed by atoms with van der Waals surface area (Å²) in [5.74, 6) is -0.306. The van der Waals surface area contributed by atoms with Gasteiger partial charge in [-0.15, -0.1) is 0 Å². The monoisotopic (exact) mass is 270 g/mol. The van der Waals surface area contributed by atoms with Crippen molar-refractivity contribution in [1.82, 2.24) is 5.32 Å². The van der Waals surface area contributed by atoms with Crippen molar-refractivity contribution in [2.45, 2.75) is 25.8 Å². The topological polar surface area (TPSA) is 52.9 Å². The molecule has 0 fully saturated rings. The van der Waals surface area contributed by atoms with E-state index in [1.54, 1.807) is 18.2 Å². The summed E-state index contributed by atoms with van der Waals surface area (Å²) in [7, 11) is 0. The van der Waals surface area contributed by atoms with Crippen molar-refractivity contribution in [3.8, 4) is 6.07 Å². The molecule has 0 unspecified atom stereocenters. The number of carbonyl (C=O) groups is 1. The van der Waals surface area contributed by atoms with Crippen LogP contribution in [0, 0.1) is 11.3 Å². The molecule has 1 rings (SSSR count). The van der Waals surface area contributed by atoms with Gasteiger partial charge in [-0.2, -0.15) is 5.26 Å².